The lowest BCUT2D eigenvalue weighted by Crippen LogP contribution is -2.45. The zero-order valence-corrected chi connectivity index (χ0v) is 14.6. The summed E-state index contributed by atoms with van der Waals surface area (Å²) in [7, 11) is 1.70. The lowest BCUT2D eigenvalue weighted by atomic mass is 10.0. The van der Waals surface area contributed by atoms with Crippen LogP contribution in [0.2, 0.25) is 5.02 Å². The summed E-state index contributed by atoms with van der Waals surface area (Å²) >= 11 is 6.15. The Kier molecular flexibility index (Phi) is 6.66. The summed E-state index contributed by atoms with van der Waals surface area (Å²) in [4.78, 5) is 6.70. The zero-order valence-electron chi connectivity index (χ0n) is 13.0. The van der Waals surface area contributed by atoms with E-state index in [-0.39, 0.29) is 12.4 Å². The fourth-order valence-electron chi connectivity index (χ4n) is 2.93. The lowest BCUT2D eigenvalue weighted by Gasteiger charge is -2.36. The minimum absolute atomic E-state index is 0. The van der Waals surface area contributed by atoms with Crippen molar-refractivity contribution >= 4 is 24.0 Å². The molecular formula is C17H21Cl2N3O. The van der Waals surface area contributed by atoms with E-state index in [0.717, 1.165) is 42.5 Å². The van der Waals surface area contributed by atoms with Crippen LogP contribution in [-0.4, -0.2) is 36.6 Å². The molecule has 1 aromatic carbocycles. The van der Waals surface area contributed by atoms with E-state index in [4.69, 9.17) is 16.3 Å². The second-order valence-corrected chi connectivity index (χ2v) is 5.87. The van der Waals surface area contributed by atoms with E-state index in [0.29, 0.717) is 6.04 Å². The number of ether oxygens (including phenoxy) is 1. The Labute approximate surface area is 148 Å². The summed E-state index contributed by atoms with van der Waals surface area (Å²) < 4.78 is 5.47. The molecular weight excluding hydrogens is 333 g/mol. The predicted molar refractivity (Wildman–Crippen MR) is 95.5 cm³/mol. The van der Waals surface area contributed by atoms with E-state index >= 15 is 0 Å². The molecule has 0 spiro atoms. The van der Waals surface area contributed by atoms with Crippen LogP contribution in [0.4, 0.5) is 0 Å². The van der Waals surface area contributed by atoms with Gasteiger partial charge in [-0.15, -0.1) is 12.4 Å². The standard InChI is InChI=1S/C17H20ClN3O.ClH/c1-22-17-5-4-15(18)9-14(17)12-21-8-7-20-11-16(21)13-3-2-6-19-10-13;/h2-6,9-10,16,20H,7-8,11-12H2,1H3;1H. The van der Waals surface area contributed by atoms with Gasteiger partial charge < -0.3 is 10.1 Å². The summed E-state index contributed by atoms with van der Waals surface area (Å²) in [5.74, 6) is 0.882. The molecule has 4 nitrogen and oxygen atoms in total. The molecule has 1 atom stereocenters. The van der Waals surface area contributed by atoms with Crippen molar-refractivity contribution in [2.24, 2.45) is 0 Å². The molecule has 2 aromatic rings. The maximum atomic E-state index is 6.15. The molecule has 6 heteroatoms. The van der Waals surface area contributed by atoms with E-state index in [9.17, 15) is 0 Å². The van der Waals surface area contributed by atoms with Gasteiger partial charge in [0, 0.05) is 55.2 Å². The van der Waals surface area contributed by atoms with Crippen LogP contribution >= 0.6 is 24.0 Å². The van der Waals surface area contributed by atoms with Crippen LogP contribution in [0.25, 0.3) is 0 Å². The molecule has 2 heterocycles. The molecule has 1 aromatic heterocycles. The van der Waals surface area contributed by atoms with Crippen molar-refractivity contribution in [1.82, 2.24) is 15.2 Å². The van der Waals surface area contributed by atoms with Gasteiger partial charge >= 0.3 is 0 Å². The number of nitrogens with one attached hydrogen (secondary N) is 1. The normalized spacial score (nSPS) is 18.3. The number of rotatable bonds is 4. The predicted octanol–water partition coefficient (Wildman–Crippen LogP) is 3.31. The first kappa shape index (κ1) is 18.0. The SMILES string of the molecule is COc1ccc(Cl)cc1CN1CCNCC1c1cccnc1.Cl. The first-order valence-corrected chi connectivity index (χ1v) is 7.83. The molecule has 1 fully saturated rings. The topological polar surface area (TPSA) is 37.4 Å². The highest BCUT2D eigenvalue weighted by molar-refractivity contribution is 6.30. The van der Waals surface area contributed by atoms with E-state index in [1.54, 1.807) is 7.11 Å². The van der Waals surface area contributed by atoms with Gasteiger partial charge in [0.2, 0.25) is 0 Å². The molecule has 3 rings (SSSR count). The molecule has 0 radical (unpaired) electrons. The van der Waals surface area contributed by atoms with Gasteiger partial charge in [-0.1, -0.05) is 17.7 Å². The quantitative estimate of drug-likeness (QED) is 0.914. The molecule has 1 N–H and O–H groups in total. The Hall–Kier alpha value is -1.33. The average Bonchev–Trinajstić information content (AvgIpc) is 2.56. The van der Waals surface area contributed by atoms with Crippen LogP contribution in [0.1, 0.15) is 17.2 Å². The van der Waals surface area contributed by atoms with Crippen molar-refractivity contribution in [2.45, 2.75) is 12.6 Å². The number of nitrogens with zero attached hydrogens (tertiary/aromatic N) is 2. The Morgan fingerprint density at radius 2 is 2.26 bits per heavy atom. The number of hydrogen-bond acceptors (Lipinski definition) is 4. The van der Waals surface area contributed by atoms with Crippen molar-refractivity contribution in [3.05, 3.63) is 58.9 Å². The van der Waals surface area contributed by atoms with E-state index in [1.807, 2.05) is 36.7 Å². The van der Waals surface area contributed by atoms with Crippen LogP contribution in [0, 0.1) is 0 Å². The van der Waals surface area contributed by atoms with Crippen molar-refractivity contribution in [3.63, 3.8) is 0 Å². The number of benzene rings is 1. The van der Waals surface area contributed by atoms with Crippen LogP contribution < -0.4 is 10.1 Å². The fraction of sp³-hybridized carbons (Fsp3) is 0.353. The van der Waals surface area contributed by atoms with Crippen molar-refractivity contribution in [2.75, 3.05) is 26.7 Å². The zero-order chi connectivity index (χ0) is 15.4. The fourth-order valence-corrected chi connectivity index (χ4v) is 3.12. The van der Waals surface area contributed by atoms with Crippen LogP contribution in [0.15, 0.2) is 42.7 Å². The monoisotopic (exact) mass is 353 g/mol. The summed E-state index contributed by atoms with van der Waals surface area (Å²) in [6.07, 6.45) is 3.75. The van der Waals surface area contributed by atoms with Crippen molar-refractivity contribution in [3.8, 4) is 5.75 Å². The number of hydrogen-bond donors (Lipinski definition) is 1. The number of pyridine rings is 1. The van der Waals surface area contributed by atoms with Crippen molar-refractivity contribution in [1.29, 1.82) is 0 Å². The van der Waals surface area contributed by atoms with Gasteiger partial charge in [-0.3, -0.25) is 9.88 Å². The van der Waals surface area contributed by atoms with Gasteiger partial charge in [0.25, 0.3) is 0 Å². The molecule has 0 aliphatic carbocycles. The molecule has 1 aliphatic rings. The highest BCUT2D eigenvalue weighted by Crippen LogP contribution is 2.28. The molecule has 23 heavy (non-hydrogen) atoms. The second kappa shape index (κ2) is 8.50. The Bertz CT molecular complexity index is 624. The maximum absolute atomic E-state index is 6.15. The van der Waals surface area contributed by atoms with Gasteiger partial charge in [0.1, 0.15) is 5.75 Å². The van der Waals surface area contributed by atoms with Gasteiger partial charge in [-0.05, 0) is 29.8 Å². The second-order valence-electron chi connectivity index (χ2n) is 5.43. The number of piperazine rings is 1. The maximum Gasteiger partial charge on any atom is 0.123 e. The summed E-state index contributed by atoms with van der Waals surface area (Å²) in [6, 6.07) is 10.2. The van der Waals surface area contributed by atoms with Gasteiger partial charge in [0.05, 0.1) is 7.11 Å². The first-order valence-electron chi connectivity index (χ1n) is 7.45. The van der Waals surface area contributed by atoms with E-state index in [2.05, 4.69) is 21.3 Å². The minimum Gasteiger partial charge on any atom is -0.496 e. The largest absolute Gasteiger partial charge is 0.496 e. The molecule has 0 amide bonds. The summed E-state index contributed by atoms with van der Waals surface area (Å²) in [5, 5.41) is 4.20. The van der Waals surface area contributed by atoms with E-state index < -0.39 is 0 Å². The first-order chi connectivity index (χ1) is 10.8. The Morgan fingerprint density at radius 1 is 1.39 bits per heavy atom. The molecule has 0 bridgehead atoms. The van der Waals surface area contributed by atoms with Gasteiger partial charge in [-0.2, -0.15) is 0 Å². The molecule has 1 saturated heterocycles. The molecule has 0 saturated carbocycles. The summed E-state index contributed by atoms with van der Waals surface area (Å²) in [5.41, 5.74) is 2.35. The highest BCUT2D eigenvalue weighted by atomic mass is 35.5. The number of methoxy groups -OCH3 is 1. The van der Waals surface area contributed by atoms with Crippen LogP contribution in [0.3, 0.4) is 0 Å². The van der Waals surface area contributed by atoms with Crippen molar-refractivity contribution < 1.29 is 4.74 Å². The smallest absolute Gasteiger partial charge is 0.123 e. The third kappa shape index (κ3) is 4.36. The summed E-state index contributed by atoms with van der Waals surface area (Å²) in [6.45, 7) is 3.70. The molecule has 1 aliphatic heterocycles. The number of halogens is 2. The third-order valence-corrected chi connectivity index (χ3v) is 4.27. The molecule has 1 unspecified atom stereocenters. The van der Waals surface area contributed by atoms with Gasteiger partial charge in [0.15, 0.2) is 0 Å². The third-order valence-electron chi connectivity index (χ3n) is 4.04. The highest BCUT2D eigenvalue weighted by Gasteiger charge is 2.24. The average molecular weight is 354 g/mol. The van der Waals surface area contributed by atoms with Gasteiger partial charge in [-0.25, -0.2) is 0 Å². The lowest BCUT2D eigenvalue weighted by molar-refractivity contribution is 0.152. The Balaban J connectivity index is 0.00000192. The minimum atomic E-state index is 0. The van der Waals surface area contributed by atoms with Crippen LogP contribution in [-0.2, 0) is 6.54 Å². The Morgan fingerprint density at radius 3 is 3.00 bits per heavy atom. The molecule has 124 valence electrons. The van der Waals surface area contributed by atoms with E-state index in [1.165, 1.54) is 5.56 Å². The van der Waals surface area contributed by atoms with Crippen LogP contribution in [0.5, 0.6) is 5.75 Å². The number of aromatic nitrogens is 1.